The lowest BCUT2D eigenvalue weighted by Gasteiger charge is -2.21. The van der Waals surface area contributed by atoms with Crippen LogP contribution in [0.25, 0.3) is 5.69 Å². The highest BCUT2D eigenvalue weighted by Crippen LogP contribution is 2.32. The number of hydrogen-bond acceptors (Lipinski definition) is 5. The predicted octanol–water partition coefficient (Wildman–Crippen LogP) is 4.12. The van der Waals surface area contributed by atoms with E-state index in [2.05, 4.69) is 20.9 Å². The van der Waals surface area contributed by atoms with Crippen molar-refractivity contribution in [3.8, 4) is 5.69 Å². The Labute approximate surface area is 221 Å². The highest BCUT2D eigenvalue weighted by Gasteiger charge is 2.35. The summed E-state index contributed by atoms with van der Waals surface area (Å²) in [4.78, 5) is 15.5. The number of rotatable bonds is 8. The predicted molar refractivity (Wildman–Crippen MR) is 142 cm³/mol. The maximum absolute atomic E-state index is 14.1. The summed E-state index contributed by atoms with van der Waals surface area (Å²) in [5, 5.41) is 14.5. The number of carbonyl (C=O) groups excluding carboxylic acids is 1. The monoisotopic (exact) mass is 524 g/mol. The normalized spacial score (nSPS) is 21.6. The van der Waals surface area contributed by atoms with Crippen molar-refractivity contribution in [3.05, 3.63) is 77.0 Å². The molecular weight excluding hydrogens is 490 g/mol. The smallest absolute Gasteiger partial charge is 0.320 e. The Balaban J connectivity index is 1.39. The first-order valence-corrected chi connectivity index (χ1v) is 13.1. The van der Waals surface area contributed by atoms with Gasteiger partial charge in [-0.15, -0.1) is 0 Å². The molecule has 3 aromatic rings. The summed E-state index contributed by atoms with van der Waals surface area (Å²) < 4.78 is 35.1. The lowest BCUT2D eigenvalue weighted by molar-refractivity contribution is 0.159. The Kier molecular flexibility index (Phi) is 8.01. The first-order valence-electron chi connectivity index (χ1n) is 13.1. The molecule has 3 atom stereocenters. The lowest BCUT2D eigenvalue weighted by Crippen LogP contribution is -2.42. The highest BCUT2D eigenvalue weighted by atomic mass is 19.1. The van der Waals surface area contributed by atoms with Crippen LogP contribution < -0.4 is 16.0 Å². The second-order valence-corrected chi connectivity index (χ2v) is 10.0. The molecule has 3 heterocycles. The van der Waals surface area contributed by atoms with Crippen molar-refractivity contribution in [1.82, 2.24) is 25.3 Å². The molecule has 2 fully saturated rings. The molecule has 0 radical (unpaired) electrons. The van der Waals surface area contributed by atoms with Crippen molar-refractivity contribution in [3.63, 3.8) is 0 Å². The summed E-state index contributed by atoms with van der Waals surface area (Å²) in [6, 6.07) is 12.6. The van der Waals surface area contributed by atoms with Crippen LogP contribution in [0.1, 0.15) is 41.6 Å². The fourth-order valence-corrected chi connectivity index (χ4v) is 5.54. The molecule has 8 nitrogen and oxygen atoms in total. The average Bonchev–Trinajstić information content (AvgIpc) is 3.63. The molecular formula is C28H34F2N6O2. The number of anilines is 1. The fraction of sp³-hybridized carbons (Fsp3) is 0.429. The molecule has 0 saturated carbocycles. The van der Waals surface area contributed by atoms with E-state index in [1.165, 1.54) is 12.1 Å². The van der Waals surface area contributed by atoms with Gasteiger partial charge in [0.1, 0.15) is 17.5 Å². The van der Waals surface area contributed by atoms with Gasteiger partial charge in [0.25, 0.3) is 0 Å². The van der Waals surface area contributed by atoms with Gasteiger partial charge in [0.15, 0.2) is 0 Å². The van der Waals surface area contributed by atoms with E-state index >= 15 is 0 Å². The molecule has 202 valence electrons. The SMILES string of the molecule is COCCN1CC(NC(=O)Nc2c(C)c(C3CCCN3)nn2-c2ccccc2)C(c2cc(F)cc(F)c2)C1. The van der Waals surface area contributed by atoms with Crippen LogP contribution in [0.2, 0.25) is 0 Å². The quantitative estimate of drug-likeness (QED) is 0.413. The number of carbonyl (C=O) groups is 1. The Morgan fingerprint density at radius 1 is 1.16 bits per heavy atom. The molecule has 0 bridgehead atoms. The minimum atomic E-state index is -0.631. The van der Waals surface area contributed by atoms with E-state index < -0.39 is 17.7 Å². The van der Waals surface area contributed by atoms with E-state index in [4.69, 9.17) is 9.84 Å². The van der Waals surface area contributed by atoms with Crippen LogP contribution in [0.3, 0.4) is 0 Å². The standard InChI is InChI=1S/C28H34F2N6O2/c1-18-26(24-9-6-10-31-24)34-36(22-7-4-3-5-8-22)27(18)33-28(37)32-25-17-35(11-12-38-2)16-23(25)19-13-20(29)15-21(30)14-19/h3-5,7-8,13-15,23-25,31H,6,9-12,16-17H2,1-2H3,(H2,32,33,37). The van der Waals surface area contributed by atoms with Gasteiger partial charge in [-0.2, -0.15) is 5.10 Å². The topological polar surface area (TPSA) is 83.4 Å². The number of aromatic nitrogens is 2. The number of urea groups is 1. The van der Waals surface area contributed by atoms with Crippen LogP contribution in [-0.2, 0) is 4.74 Å². The van der Waals surface area contributed by atoms with Crippen LogP contribution in [-0.4, -0.2) is 66.6 Å². The van der Waals surface area contributed by atoms with Gasteiger partial charge in [0.2, 0.25) is 0 Å². The van der Waals surface area contributed by atoms with Crippen molar-refractivity contribution >= 4 is 11.8 Å². The second-order valence-electron chi connectivity index (χ2n) is 10.0. The maximum Gasteiger partial charge on any atom is 0.320 e. The van der Waals surface area contributed by atoms with Gasteiger partial charge in [-0.1, -0.05) is 18.2 Å². The molecule has 0 spiro atoms. The highest BCUT2D eigenvalue weighted by molar-refractivity contribution is 5.90. The van der Waals surface area contributed by atoms with E-state index in [-0.39, 0.29) is 18.0 Å². The van der Waals surface area contributed by atoms with Gasteiger partial charge < -0.3 is 15.4 Å². The van der Waals surface area contributed by atoms with Crippen LogP contribution in [0, 0.1) is 18.6 Å². The summed E-state index contributed by atoms with van der Waals surface area (Å²) in [6.07, 6.45) is 2.07. The summed E-state index contributed by atoms with van der Waals surface area (Å²) in [5.74, 6) is -0.941. The minimum Gasteiger partial charge on any atom is -0.383 e. The van der Waals surface area contributed by atoms with Crippen LogP contribution >= 0.6 is 0 Å². The van der Waals surface area contributed by atoms with Gasteiger partial charge in [-0.05, 0) is 56.1 Å². The summed E-state index contributed by atoms with van der Waals surface area (Å²) in [5.41, 5.74) is 3.18. The van der Waals surface area contributed by atoms with Crippen molar-refractivity contribution in [2.75, 3.05) is 45.2 Å². The van der Waals surface area contributed by atoms with Crippen LogP contribution in [0.4, 0.5) is 19.4 Å². The first-order chi connectivity index (χ1) is 18.4. The summed E-state index contributed by atoms with van der Waals surface area (Å²) in [6.45, 7) is 5.18. The molecule has 2 aliphatic rings. The molecule has 5 rings (SSSR count). The molecule has 0 aliphatic carbocycles. The largest absolute Gasteiger partial charge is 0.383 e. The third kappa shape index (κ3) is 5.72. The van der Waals surface area contributed by atoms with Gasteiger partial charge in [-0.25, -0.2) is 18.3 Å². The van der Waals surface area contributed by atoms with Gasteiger partial charge in [0.05, 0.1) is 30.1 Å². The fourth-order valence-electron chi connectivity index (χ4n) is 5.54. The third-order valence-electron chi connectivity index (χ3n) is 7.42. The third-order valence-corrected chi connectivity index (χ3v) is 7.42. The Morgan fingerprint density at radius 2 is 1.92 bits per heavy atom. The van der Waals surface area contributed by atoms with E-state index in [0.717, 1.165) is 42.4 Å². The molecule has 2 aromatic carbocycles. The average molecular weight is 525 g/mol. The molecule has 3 N–H and O–H groups in total. The zero-order chi connectivity index (χ0) is 26.6. The number of halogens is 2. The molecule has 2 aliphatic heterocycles. The number of ether oxygens (including phenoxy) is 1. The van der Waals surface area contributed by atoms with Crippen molar-refractivity contribution in [1.29, 1.82) is 0 Å². The molecule has 2 saturated heterocycles. The first kappa shape index (κ1) is 26.3. The maximum atomic E-state index is 14.1. The Morgan fingerprint density at radius 3 is 2.61 bits per heavy atom. The van der Waals surface area contributed by atoms with Crippen molar-refractivity contribution in [2.24, 2.45) is 0 Å². The summed E-state index contributed by atoms with van der Waals surface area (Å²) in [7, 11) is 1.63. The number of methoxy groups -OCH3 is 1. The number of nitrogens with one attached hydrogen (secondary N) is 3. The van der Waals surface area contributed by atoms with E-state index in [0.29, 0.717) is 37.6 Å². The number of amides is 2. The molecule has 1 aromatic heterocycles. The molecule has 38 heavy (non-hydrogen) atoms. The Bertz CT molecular complexity index is 1240. The van der Waals surface area contributed by atoms with Crippen LogP contribution in [0.5, 0.6) is 0 Å². The van der Waals surface area contributed by atoms with Crippen molar-refractivity contribution in [2.45, 2.75) is 37.8 Å². The zero-order valence-corrected chi connectivity index (χ0v) is 21.7. The van der Waals surface area contributed by atoms with Gasteiger partial charge >= 0.3 is 6.03 Å². The number of benzene rings is 2. The molecule has 2 amide bonds. The number of para-hydroxylation sites is 1. The number of hydrogen-bond donors (Lipinski definition) is 3. The van der Waals surface area contributed by atoms with Crippen LogP contribution in [0.15, 0.2) is 48.5 Å². The molecule has 10 heteroatoms. The van der Waals surface area contributed by atoms with Gasteiger partial charge in [0, 0.05) is 44.3 Å². The van der Waals surface area contributed by atoms with E-state index in [9.17, 15) is 13.6 Å². The number of nitrogens with zero attached hydrogens (tertiary/aromatic N) is 3. The molecule has 3 unspecified atom stereocenters. The number of likely N-dealkylation sites (tertiary alicyclic amines) is 1. The minimum absolute atomic E-state index is 0.139. The van der Waals surface area contributed by atoms with E-state index in [1.807, 2.05) is 37.3 Å². The Hall–Kier alpha value is -3.34. The second kappa shape index (κ2) is 11.6. The van der Waals surface area contributed by atoms with Crippen molar-refractivity contribution < 1.29 is 18.3 Å². The summed E-state index contributed by atoms with van der Waals surface area (Å²) >= 11 is 0. The zero-order valence-electron chi connectivity index (χ0n) is 21.7. The van der Waals surface area contributed by atoms with E-state index in [1.54, 1.807) is 11.8 Å². The van der Waals surface area contributed by atoms with Gasteiger partial charge in [-0.3, -0.25) is 10.2 Å². The lowest BCUT2D eigenvalue weighted by atomic mass is 9.94.